The first-order chi connectivity index (χ1) is 23.7. The number of sulfonamides is 3. The number of rotatable bonds is 18. The van der Waals surface area contributed by atoms with Crippen molar-refractivity contribution >= 4 is 35.8 Å². The van der Waals surface area contributed by atoms with Gasteiger partial charge < -0.3 is 17.1 Å². The van der Waals surface area contributed by atoms with Crippen LogP contribution >= 0.6 is 0 Å². The Labute approximate surface area is 350 Å². The summed E-state index contributed by atoms with van der Waals surface area (Å²) in [4.78, 5) is 10.3. The van der Waals surface area contributed by atoms with Gasteiger partial charge in [0.05, 0.1) is 40.9 Å². The number of nitro groups is 1. The minimum absolute atomic E-state index is 0. The van der Waals surface area contributed by atoms with E-state index in [0.29, 0.717) is 22.8 Å². The van der Waals surface area contributed by atoms with E-state index in [-0.39, 0.29) is 95.3 Å². The third-order valence-corrected chi connectivity index (χ3v) is 12.4. The van der Waals surface area contributed by atoms with Crippen LogP contribution in [-0.4, -0.2) is 81.5 Å². The summed E-state index contributed by atoms with van der Waals surface area (Å²) in [7, 11) is -8.41. The van der Waals surface area contributed by atoms with E-state index in [0.717, 1.165) is 4.31 Å². The second-order valence-corrected chi connectivity index (χ2v) is 16.2. The number of nitrogens with one attached hydrogen (secondary N) is 2. The number of non-ortho nitro benzene ring substituents is 1. The van der Waals surface area contributed by atoms with Crippen molar-refractivity contribution in [3.63, 3.8) is 0 Å². The third kappa shape index (κ3) is 12.2. The number of methoxy groups -OCH3 is 3. The standard InChI is InChI=1S/C32H36N4O11S3.2Na.2H/c1-45-27-8-14-30(15-9-27)48(39,40)33-20-21-35(50(43,44)32-18-12-29(47-3)13-19-32)23-25(22-24-4-6-26(7-5-24)36(37)38)34-49(41,42)31-16-10-28(46-2)11-17-31;;;;/h4-19,25,33-34H,20-23H2,1-3H3;;;;/q;2*+1;2*-1. The van der Waals surface area contributed by atoms with Crippen molar-refractivity contribution in [3.05, 3.63) is 113 Å². The van der Waals surface area contributed by atoms with Gasteiger partial charge in [-0.1, -0.05) is 12.1 Å². The van der Waals surface area contributed by atoms with Crippen LogP contribution in [0.3, 0.4) is 0 Å². The molecule has 2 N–H and O–H groups in total. The van der Waals surface area contributed by atoms with Crippen LogP contribution < -0.4 is 82.8 Å². The summed E-state index contributed by atoms with van der Waals surface area (Å²) in [6, 6.07) is 20.9. The van der Waals surface area contributed by atoms with Crippen LogP contribution in [0, 0.1) is 10.1 Å². The topological polar surface area (TPSA) is 201 Å². The Morgan fingerprint density at radius 3 is 1.52 bits per heavy atom. The van der Waals surface area contributed by atoms with Crippen LogP contribution in [0.5, 0.6) is 17.2 Å². The fourth-order valence-corrected chi connectivity index (χ4v) is 8.55. The molecule has 52 heavy (non-hydrogen) atoms. The zero-order chi connectivity index (χ0) is 36.5. The van der Waals surface area contributed by atoms with Gasteiger partial charge in [0.2, 0.25) is 30.1 Å². The van der Waals surface area contributed by atoms with Gasteiger partial charge in [-0.25, -0.2) is 34.7 Å². The quantitative estimate of drug-likeness (QED) is 0.0609. The summed E-state index contributed by atoms with van der Waals surface area (Å²) >= 11 is 0. The van der Waals surface area contributed by atoms with E-state index < -0.39 is 54.1 Å². The summed E-state index contributed by atoms with van der Waals surface area (Å²) in [5.41, 5.74) is 0.289. The molecular weight excluding hydrogens is 759 g/mol. The molecule has 0 heterocycles. The van der Waals surface area contributed by atoms with E-state index in [9.17, 15) is 35.4 Å². The second-order valence-electron chi connectivity index (χ2n) is 10.7. The van der Waals surface area contributed by atoms with Crippen LogP contribution in [0.15, 0.2) is 112 Å². The van der Waals surface area contributed by atoms with Gasteiger partial charge in [0, 0.05) is 37.8 Å². The van der Waals surface area contributed by atoms with Crippen LogP contribution in [0.1, 0.15) is 8.42 Å². The van der Waals surface area contributed by atoms with Crippen molar-refractivity contribution in [1.82, 2.24) is 13.7 Å². The first-order valence-electron chi connectivity index (χ1n) is 14.9. The molecule has 0 aliphatic rings. The van der Waals surface area contributed by atoms with E-state index in [4.69, 9.17) is 14.2 Å². The van der Waals surface area contributed by atoms with Crippen LogP contribution in [0.2, 0.25) is 0 Å². The molecule has 272 valence electrons. The van der Waals surface area contributed by atoms with E-state index in [1.165, 1.54) is 118 Å². The molecule has 0 aliphatic heterocycles. The number of hydrogen-bond acceptors (Lipinski definition) is 11. The van der Waals surface area contributed by atoms with Crippen molar-refractivity contribution in [1.29, 1.82) is 0 Å². The number of benzene rings is 4. The first kappa shape index (κ1) is 45.6. The smallest absolute Gasteiger partial charge is 1.00 e. The fourth-order valence-electron chi connectivity index (χ4n) is 4.82. The summed E-state index contributed by atoms with van der Waals surface area (Å²) in [6.45, 7) is -1.23. The summed E-state index contributed by atoms with van der Waals surface area (Å²) in [6.07, 6.45) is -0.0837. The summed E-state index contributed by atoms with van der Waals surface area (Å²) < 4.78 is 103. The molecule has 1 atom stereocenters. The average Bonchev–Trinajstić information content (AvgIpc) is 3.11. The third-order valence-electron chi connectivity index (χ3n) is 7.47. The summed E-state index contributed by atoms with van der Waals surface area (Å²) in [5.74, 6) is 1.25. The van der Waals surface area contributed by atoms with E-state index in [1.807, 2.05) is 0 Å². The Morgan fingerprint density at radius 1 is 0.673 bits per heavy atom. The van der Waals surface area contributed by atoms with Gasteiger partial charge in [-0.3, -0.25) is 10.1 Å². The summed E-state index contributed by atoms with van der Waals surface area (Å²) in [5, 5.41) is 11.2. The van der Waals surface area contributed by atoms with E-state index >= 15 is 0 Å². The van der Waals surface area contributed by atoms with Gasteiger partial charge in [-0.05, 0) is 84.8 Å². The minimum Gasteiger partial charge on any atom is -1.00 e. The predicted octanol–water partition coefficient (Wildman–Crippen LogP) is -2.59. The molecule has 0 saturated heterocycles. The molecule has 0 fully saturated rings. The molecule has 0 aliphatic carbocycles. The molecule has 20 heteroatoms. The second kappa shape index (κ2) is 20.2. The van der Waals surface area contributed by atoms with E-state index in [2.05, 4.69) is 9.44 Å². The Hall–Kier alpha value is -2.59. The Kier molecular flexibility index (Phi) is 17.7. The molecule has 0 spiro atoms. The van der Waals surface area contributed by atoms with Crippen molar-refractivity contribution in [2.75, 3.05) is 41.0 Å². The normalized spacial score (nSPS) is 12.2. The van der Waals surface area contributed by atoms with E-state index in [1.54, 1.807) is 0 Å². The van der Waals surface area contributed by atoms with Gasteiger partial charge in [-0.2, -0.15) is 4.31 Å². The minimum atomic E-state index is -4.37. The Balaban J connectivity index is 0.00000702. The maximum absolute atomic E-state index is 14.1. The van der Waals surface area contributed by atoms with Crippen LogP contribution in [0.25, 0.3) is 0 Å². The van der Waals surface area contributed by atoms with Crippen molar-refractivity contribution < 1.29 is 106 Å². The number of nitro benzene ring substituents is 1. The maximum Gasteiger partial charge on any atom is 1.00 e. The molecule has 0 radical (unpaired) electrons. The molecule has 4 aromatic carbocycles. The molecule has 0 aromatic heterocycles. The number of nitrogens with zero attached hydrogens (tertiary/aromatic N) is 2. The number of ether oxygens (including phenoxy) is 3. The molecule has 0 bridgehead atoms. The predicted molar refractivity (Wildman–Crippen MR) is 186 cm³/mol. The SMILES string of the molecule is COc1ccc(S(=O)(=O)NCCN(CC(Cc2ccc([N+](=O)[O-])cc2)NS(=O)(=O)c2ccc(OC)cc2)S(=O)(=O)c2ccc(OC)cc2)cc1.[H-].[H-].[Na+].[Na+]. The first-order valence-corrected chi connectivity index (χ1v) is 19.3. The van der Waals surface area contributed by atoms with Gasteiger partial charge >= 0.3 is 59.1 Å². The van der Waals surface area contributed by atoms with Gasteiger partial charge in [0.15, 0.2) is 0 Å². The molecule has 4 rings (SSSR count). The monoisotopic (exact) mass is 796 g/mol. The average molecular weight is 797 g/mol. The van der Waals surface area contributed by atoms with Gasteiger partial charge in [0.25, 0.3) is 5.69 Å². The molecule has 1 unspecified atom stereocenters. The largest absolute Gasteiger partial charge is 1.00 e. The van der Waals surface area contributed by atoms with Crippen LogP contribution in [-0.2, 0) is 36.5 Å². The molecule has 0 saturated carbocycles. The van der Waals surface area contributed by atoms with Crippen LogP contribution in [0.4, 0.5) is 5.69 Å². The van der Waals surface area contributed by atoms with Crippen molar-refractivity contribution in [2.45, 2.75) is 27.1 Å². The Bertz CT molecular complexity index is 2100. The zero-order valence-electron chi connectivity index (χ0n) is 31.3. The molecule has 0 amide bonds. The van der Waals surface area contributed by atoms with Gasteiger partial charge in [0.1, 0.15) is 17.2 Å². The molecular formula is C32H38N4Na2O11S3. The molecule has 4 aromatic rings. The van der Waals surface area contributed by atoms with Gasteiger partial charge in [-0.15, -0.1) is 0 Å². The maximum atomic E-state index is 14.1. The van der Waals surface area contributed by atoms with Crippen molar-refractivity contribution in [2.24, 2.45) is 0 Å². The Morgan fingerprint density at radius 2 is 1.10 bits per heavy atom. The number of hydrogen-bond donors (Lipinski definition) is 2. The van der Waals surface area contributed by atoms with Crippen molar-refractivity contribution in [3.8, 4) is 17.2 Å². The zero-order valence-corrected chi connectivity index (χ0v) is 35.7. The molecule has 15 nitrogen and oxygen atoms in total. The fraction of sp³-hybridized carbons (Fsp3) is 0.250.